The van der Waals surface area contributed by atoms with Gasteiger partial charge in [-0.2, -0.15) is 0 Å². The van der Waals surface area contributed by atoms with Gasteiger partial charge in [0.15, 0.2) is 0 Å². The van der Waals surface area contributed by atoms with Crippen molar-refractivity contribution in [3.05, 3.63) is 0 Å². The lowest BCUT2D eigenvalue weighted by Gasteiger charge is -2.17. The average molecular weight is 235 g/mol. The molecule has 0 amide bonds. The standard InChI is InChI=1S/C11H25NO2S/c1-4-6-7-8-9-10-11-12(5-2)15(3,13)14/h4-11H2,1-3H3. The first kappa shape index (κ1) is 14.9. The van der Waals surface area contributed by atoms with Crippen LogP contribution in [0.1, 0.15) is 52.4 Å². The third-order valence-corrected chi connectivity index (χ3v) is 3.96. The van der Waals surface area contributed by atoms with Crippen molar-refractivity contribution in [1.29, 1.82) is 0 Å². The fourth-order valence-corrected chi connectivity index (χ4v) is 2.56. The molecule has 0 aromatic carbocycles. The summed E-state index contributed by atoms with van der Waals surface area (Å²) in [6, 6.07) is 0. The van der Waals surface area contributed by atoms with Crippen molar-refractivity contribution in [3.63, 3.8) is 0 Å². The fraction of sp³-hybridized carbons (Fsp3) is 1.00. The molecule has 0 N–H and O–H groups in total. The highest BCUT2D eigenvalue weighted by atomic mass is 32.2. The van der Waals surface area contributed by atoms with E-state index in [0.29, 0.717) is 13.1 Å². The minimum absolute atomic E-state index is 0.591. The quantitative estimate of drug-likeness (QED) is 0.576. The van der Waals surface area contributed by atoms with Crippen molar-refractivity contribution in [3.8, 4) is 0 Å². The van der Waals surface area contributed by atoms with Crippen LogP contribution in [0.25, 0.3) is 0 Å². The van der Waals surface area contributed by atoms with E-state index in [1.165, 1.54) is 31.9 Å². The van der Waals surface area contributed by atoms with Gasteiger partial charge in [0, 0.05) is 13.1 Å². The number of nitrogens with zero attached hydrogens (tertiary/aromatic N) is 1. The predicted octanol–water partition coefficient (Wildman–Crippen LogP) is 2.63. The van der Waals surface area contributed by atoms with E-state index in [1.807, 2.05) is 6.92 Å². The molecule has 92 valence electrons. The second-order valence-corrected chi connectivity index (χ2v) is 6.00. The zero-order valence-corrected chi connectivity index (χ0v) is 11.1. The molecule has 0 fully saturated rings. The van der Waals surface area contributed by atoms with E-state index in [9.17, 15) is 8.42 Å². The molecule has 3 nitrogen and oxygen atoms in total. The Kier molecular flexibility index (Phi) is 8.06. The molecule has 0 heterocycles. The van der Waals surface area contributed by atoms with Gasteiger partial charge in [-0.15, -0.1) is 0 Å². The van der Waals surface area contributed by atoms with Gasteiger partial charge in [-0.05, 0) is 6.42 Å². The van der Waals surface area contributed by atoms with Crippen LogP contribution < -0.4 is 0 Å². The highest BCUT2D eigenvalue weighted by Gasteiger charge is 2.12. The molecule has 0 aliphatic rings. The maximum atomic E-state index is 11.3. The minimum Gasteiger partial charge on any atom is -0.213 e. The van der Waals surface area contributed by atoms with Crippen molar-refractivity contribution in [2.24, 2.45) is 0 Å². The molecular weight excluding hydrogens is 210 g/mol. The van der Waals surface area contributed by atoms with Crippen molar-refractivity contribution < 1.29 is 8.42 Å². The van der Waals surface area contributed by atoms with Crippen LogP contribution in [-0.2, 0) is 10.0 Å². The molecule has 4 heteroatoms. The van der Waals surface area contributed by atoms with Crippen LogP contribution in [0.3, 0.4) is 0 Å². The van der Waals surface area contributed by atoms with Crippen LogP contribution in [0.5, 0.6) is 0 Å². The summed E-state index contributed by atoms with van der Waals surface area (Å²) in [5, 5.41) is 0. The van der Waals surface area contributed by atoms with Crippen molar-refractivity contribution >= 4 is 10.0 Å². The normalized spacial score (nSPS) is 12.3. The first-order valence-corrected chi connectivity index (χ1v) is 7.82. The Morgan fingerprint density at radius 2 is 1.47 bits per heavy atom. The van der Waals surface area contributed by atoms with E-state index in [2.05, 4.69) is 6.92 Å². The zero-order valence-electron chi connectivity index (χ0n) is 10.3. The summed E-state index contributed by atoms with van der Waals surface area (Å²) in [6.07, 6.45) is 8.48. The summed E-state index contributed by atoms with van der Waals surface area (Å²) in [5.41, 5.74) is 0. The highest BCUT2D eigenvalue weighted by molar-refractivity contribution is 7.88. The van der Waals surface area contributed by atoms with Gasteiger partial charge in [0.25, 0.3) is 0 Å². The molecule has 15 heavy (non-hydrogen) atoms. The smallest absolute Gasteiger partial charge is 0.211 e. The lowest BCUT2D eigenvalue weighted by molar-refractivity contribution is 0.415. The van der Waals surface area contributed by atoms with Gasteiger partial charge in [-0.25, -0.2) is 12.7 Å². The molecule has 0 rings (SSSR count). The van der Waals surface area contributed by atoms with Crippen LogP contribution in [0.4, 0.5) is 0 Å². The second-order valence-electron chi connectivity index (χ2n) is 4.02. The maximum Gasteiger partial charge on any atom is 0.211 e. The van der Waals surface area contributed by atoms with Gasteiger partial charge in [-0.3, -0.25) is 0 Å². The van der Waals surface area contributed by atoms with E-state index in [4.69, 9.17) is 0 Å². The van der Waals surface area contributed by atoms with Gasteiger partial charge in [-0.1, -0.05) is 46.0 Å². The summed E-state index contributed by atoms with van der Waals surface area (Å²) in [5.74, 6) is 0. The van der Waals surface area contributed by atoms with Crippen LogP contribution >= 0.6 is 0 Å². The monoisotopic (exact) mass is 235 g/mol. The topological polar surface area (TPSA) is 37.4 Å². The van der Waals surface area contributed by atoms with Crippen LogP contribution in [-0.4, -0.2) is 32.1 Å². The SMILES string of the molecule is CCCCCCCCN(CC)S(C)(=O)=O. The number of hydrogen-bond acceptors (Lipinski definition) is 2. The third kappa shape index (κ3) is 7.79. The Morgan fingerprint density at radius 1 is 0.933 bits per heavy atom. The molecule has 0 radical (unpaired) electrons. The first-order chi connectivity index (χ1) is 7.02. The van der Waals surface area contributed by atoms with Crippen molar-refractivity contribution in [2.75, 3.05) is 19.3 Å². The molecule has 0 saturated heterocycles. The predicted molar refractivity (Wildman–Crippen MR) is 65.5 cm³/mol. The Morgan fingerprint density at radius 3 is 1.93 bits per heavy atom. The summed E-state index contributed by atoms with van der Waals surface area (Å²) in [6.45, 7) is 5.36. The van der Waals surface area contributed by atoms with E-state index in [1.54, 1.807) is 4.31 Å². The Bertz CT molecular complexity index is 237. The first-order valence-electron chi connectivity index (χ1n) is 5.97. The molecule has 0 aromatic heterocycles. The van der Waals surface area contributed by atoms with E-state index < -0.39 is 10.0 Å². The second kappa shape index (κ2) is 8.11. The largest absolute Gasteiger partial charge is 0.213 e. The highest BCUT2D eigenvalue weighted by Crippen LogP contribution is 2.07. The third-order valence-electron chi connectivity index (χ3n) is 2.58. The molecule has 0 unspecified atom stereocenters. The van der Waals surface area contributed by atoms with E-state index >= 15 is 0 Å². The molecule has 0 bridgehead atoms. The number of hydrogen-bond donors (Lipinski definition) is 0. The van der Waals surface area contributed by atoms with Crippen LogP contribution in [0.15, 0.2) is 0 Å². The minimum atomic E-state index is -2.98. The number of unbranched alkanes of at least 4 members (excludes halogenated alkanes) is 5. The molecule has 0 saturated carbocycles. The summed E-state index contributed by atoms with van der Waals surface area (Å²) in [7, 11) is -2.98. The molecule has 0 aliphatic heterocycles. The molecule has 0 atom stereocenters. The zero-order chi connectivity index (χ0) is 11.7. The van der Waals surface area contributed by atoms with Crippen LogP contribution in [0, 0.1) is 0 Å². The van der Waals surface area contributed by atoms with E-state index in [-0.39, 0.29) is 0 Å². The van der Waals surface area contributed by atoms with Crippen LogP contribution in [0.2, 0.25) is 0 Å². The number of rotatable bonds is 9. The molecule has 0 spiro atoms. The Labute approximate surface area is 94.9 Å². The van der Waals surface area contributed by atoms with E-state index in [0.717, 1.165) is 12.8 Å². The average Bonchev–Trinajstić information content (AvgIpc) is 2.15. The lowest BCUT2D eigenvalue weighted by Crippen LogP contribution is -2.30. The molecule has 0 aliphatic carbocycles. The molecular formula is C11H25NO2S. The summed E-state index contributed by atoms with van der Waals surface area (Å²) < 4.78 is 24.1. The number of sulfonamides is 1. The maximum absolute atomic E-state index is 11.3. The van der Waals surface area contributed by atoms with Gasteiger partial charge < -0.3 is 0 Å². The summed E-state index contributed by atoms with van der Waals surface area (Å²) in [4.78, 5) is 0. The fourth-order valence-electron chi connectivity index (χ4n) is 1.63. The van der Waals surface area contributed by atoms with Gasteiger partial charge in [0.2, 0.25) is 10.0 Å². The van der Waals surface area contributed by atoms with Gasteiger partial charge in [0.05, 0.1) is 6.26 Å². The Hall–Kier alpha value is -0.0900. The van der Waals surface area contributed by atoms with Crippen molar-refractivity contribution in [1.82, 2.24) is 4.31 Å². The lowest BCUT2D eigenvalue weighted by atomic mass is 10.1. The summed E-state index contributed by atoms with van der Waals surface area (Å²) >= 11 is 0. The van der Waals surface area contributed by atoms with Gasteiger partial charge >= 0.3 is 0 Å². The molecule has 0 aromatic rings. The Balaban J connectivity index is 3.57. The van der Waals surface area contributed by atoms with Gasteiger partial charge in [0.1, 0.15) is 0 Å². The van der Waals surface area contributed by atoms with Crippen molar-refractivity contribution in [2.45, 2.75) is 52.4 Å².